The number of nitrogens with zero attached hydrogens (tertiary/aromatic N) is 1. The van der Waals surface area contributed by atoms with Crippen LogP contribution in [0.15, 0.2) is 22.8 Å². The van der Waals surface area contributed by atoms with E-state index in [0.29, 0.717) is 18.8 Å². The van der Waals surface area contributed by atoms with Crippen LogP contribution in [0.4, 0.5) is 0 Å². The second-order valence-corrected chi connectivity index (χ2v) is 5.09. The largest absolute Gasteiger partial charge is 0.459 e. The number of halogens is 1. The van der Waals surface area contributed by atoms with Crippen LogP contribution in [0.3, 0.4) is 0 Å². The predicted octanol–water partition coefficient (Wildman–Crippen LogP) is 1.90. The first-order valence-electron chi connectivity index (χ1n) is 5.59. The Morgan fingerprint density at radius 1 is 1.59 bits per heavy atom. The van der Waals surface area contributed by atoms with Gasteiger partial charge in [-0.15, -0.1) is 12.4 Å². The quantitative estimate of drug-likeness (QED) is 0.837. The number of furan rings is 1. The number of amides is 1. The molecule has 0 radical (unpaired) electrons. The van der Waals surface area contributed by atoms with E-state index in [0.717, 1.165) is 6.42 Å². The first-order valence-corrected chi connectivity index (χ1v) is 5.59. The average Bonchev–Trinajstić information content (AvgIpc) is 2.74. The van der Waals surface area contributed by atoms with Gasteiger partial charge in [0.05, 0.1) is 6.26 Å². The lowest BCUT2D eigenvalue weighted by Crippen LogP contribution is -2.53. The first kappa shape index (κ1) is 14.1. The molecule has 1 aliphatic heterocycles. The maximum Gasteiger partial charge on any atom is 0.289 e. The number of carbonyl (C=O) groups is 1. The molecule has 1 saturated heterocycles. The van der Waals surface area contributed by atoms with E-state index in [-0.39, 0.29) is 29.8 Å². The molecule has 5 heteroatoms. The summed E-state index contributed by atoms with van der Waals surface area (Å²) < 4.78 is 5.12. The third-order valence-electron chi connectivity index (χ3n) is 3.33. The number of rotatable bonds is 1. The van der Waals surface area contributed by atoms with E-state index >= 15 is 0 Å². The standard InChI is InChI=1S/C12H18N2O2.ClH/c1-12(2)8-14(6-5-10(12)13)11(15)9-4-3-7-16-9;/h3-4,7,10H,5-6,8,13H2,1-2H3;1H. The third kappa shape index (κ3) is 2.82. The van der Waals surface area contributed by atoms with Crippen LogP contribution in [0, 0.1) is 5.41 Å². The van der Waals surface area contributed by atoms with Gasteiger partial charge >= 0.3 is 0 Å². The molecule has 1 amide bonds. The van der Waals surface area contributed by atoms with Gasteiger partial charge in [0.1, 0.15) is 0 Å². The molecule has 0 aliphatic carbocycles. The van der Waals surface area contributed by atoms with Gasteiger partial charge in [-0.05, 0) is 24.0 Å². The Morgan fingerprint density at radius 3 is 2.82 bits per heavy atom. The SMILES string of the molecule is CC1(C)CN(C(=O)c2ccco2)CCC1N.Cl. The monoisotopic (exact) mass is 258 g/mol. The van der Waals surface area contributed by atoms with Gasteiger partial charge < -0.3 is 15.1 Å². The first-order chi connectivity index (χ1) is 7.50. The second kappa shape index (κ2) is 5.10. The van der Waals surface area contributed by atoms with Crippen molar-refractivity contribution in [2.45, 2.75) is 26.3 Å². The molecule has 2 N–H and O–H groups in total. The Bertz CT molecular complexity index is 376. The molecule has 2 rings (SSSR count). The Hall–Kier alpha value is -1.00. The molecule has 0 spiro atoms. The molecule has 1 unspecified atom stereocenters. The highest BCUT2D eigenvalue weighted by Crippen LogP contribution is 2.28. The average molecular weight is 259 g/mol. The minimum atomic E-state index is -0.0371. The van der Waals surface area contributed by atoms with Crippen LogP contribution in [-0.2, 0) is 0 Å². The van der Waals surface area contributed by atoms with Gasteiger partial charge in [-0.2, -0.15) is 0 Å². The van der Waals surface area contributed by atoms with E-state index in [1.807, 2.05) is 4.90 Å². The molecule has 0 aromatic carbocycles. The Balaban J connectivity index is 0.00000144. The minimum Gasteiger partial charge on any atom is -0.459 e. The zero-order chi connectivity index (χ0) is 11.8. The highest BCUT2D eigenvalue weighted by atomic mass is 35.5. The summed E-state index contributed by atoms with van der Waals surface area (Å²) >= 11 is 0. The van der Waals surface area contributed by atoms with Crippen molar-refractivity contribution in [2.75, 3.05) is 13.1 Å². The van der Waals surface area contributed by atoms with Crippen molar-refractivity contribution in [2.24, 2.45) is 11.1 Å². The van der Waals surface area contributed by atoms with Crippen LogP contribution < -0.4 is 5.73 Å². The van der Waals surface area contributed by atoms with Crippen molar-refractivity contribution in [1.82, 2.24) is 4.90 Å². The van der Waals surface area contributed by atoms with Gasteiger partial charge in [-0.25, -0.2) is 0 Å². The minimum absolute atomic E-state index is 0. The fourth-order valence-electron chi connectivity index (χ4n) is 2.10. The van der Waals surface area contributed by atoms with Crippen molar-refractivity contribution in [3.8, 4) is 0 Å². The van der Waals surface area contributed by atoms with Crippen LogP contribution in [0.5, 0.6) is 0 Å². The van der Waals surface area contributed by atoms with Gasteiger partial charge in [0.25, 0.3) is 5.91 Å². The highest BCUT2D eigenvalue weighted by Gasteiger charge is 2.36. The second-order valence-electron chi connectivity index (χ2n) is 5.09. The summed E-state index contributed by atoms with van der Waals surface area (Å²) in [5.74, 6) is 0.372. The maximum absolute atomic E-state index is 12.0. The lowest BCUT2D eigenvalue weighted by atomic mass is 9.79. The molecule has 1 fully saturated rings. The molecule has 1 aromatic rings. The molecule has 96 valence electrons. The van der Waals surface area contributed by atoms with Crippen LogP contribution in [0.25, 0.3) is 0 Å². The Kier molecular flexibility index (Phi) is 4.22. The molecule has 0 bridgehead atoms. The normalized spacial score (nSPS) is 23.0. The van der Waals surface area contributed by atoms with Crippen LogP contribution in [0.2, 0.25) is 0 Å². The summed E-state index contributed by atoms with van der Waals surface area (Å²) in [7, 11) is 0. The van der Waals surface area contributed by atoms with Gasteiger partial charge in [-0.3, -0.25) is 4.79 Å². The number of piperidine rings is 1. The summed E-state index contributed by atoms with van der Waals surface area (Å²) in [6.45, 7) is 5.59. The number of likely N-dealkylation sites (tertiary alicyclic amines) is 1. The van der Waals surface area contributed by atoms with Gasteiger partial charge in [0, 0.05) is 19.1 Å². The summed E-state index contributed by atoms with van der Waals surface area (Å²) in [6, 6.07) is 3.59. The van der Waals surface area contributed by atoms with E-state index in [4.69, 9.17) is 10.2 Å². The molecule has 17 heavy (non-hydrogen) atoms. The molecular weight excluding hydrogens is 240 g/mol. The topological polar surface area (TPSA) is 59.5 Å². The fraction of sp³-hybridized carbons (Fsp3) is 0.583. The van der Waals surface area contributed by atoms with Crippen LogP contribution >= 0.6 is 12.4 Å². The van der Waals surface area contributed by atoms with Gasteiger partial charge in [0.2, 0.25) is 0 Å². The summed E-state index contributed by atoms with van der Waals surface area (Å²) in [6.07, 6.45) is 2.37. The molecular formula is C12H19ClN2O2. The molecule has 1 aliphatic rings. The van der Waals surface area contributed by atoms with Gasteiger partial charge in [-0.1, -0.05) is 13.8 Å². The zero-order valence-electron chi connectivity index (χ0n) is 10.2. The molecule has 4 nitrogen and oxygen atoms in total. The Labute approximate surface area is 108 Å². The molecule has 0 saturated carbocycles. The molecule has 2 heterocycles. The van der Waals surface area contributed by atoms with Crippen molar-refractivity contribution in [3.63, 3.8) is 0 Å². The lowest BCUT2D eigenvalue weighted by molar-refractivity contribution is 0.0503. The van der Waals surface area contributed by atoms with Crippen molar-refractivity contribution in [1.29, 1.82) is 0 Å². The predicted molar refractivity (Wildman–Crippen MR) is 68.2 cm³/mol. The lowest BCUT2D eigenvalue weighted by Gasteiger charge is -2.42. The van der Waals surface area contributed by atoms with E-state index in [9.17, 15) is 4.79 Å². The van der Waals surface area contributed by atoms with E-state index < -0.39 is 0 Å². The van der Waals surface area contributed by atoms with E-state index in [2.05, 4.69) is 13.8 Å². The van der Waals surface area contributed by atoms with Crippen molar-refractivity contribution in [3.05, 3.63) is 24.2 Å². The number of carbonyl (C=O) groups excluding carboxylic acids is 1. The number of nitrogens with two attached hydrogens (primary N) is 1. The van der Waals surface area contributed by atoms with Crippen LogP contribution in [-0.4, -0.2) is 29.9 Å². The van der Waals surface area contributed by atoms with E-state index in [1.54, 1.807) is 12.1 Å². The van der Waals surface area contributed by atoms with E-state index in [1.165, 1.54) is 6.26 Å². The third-order valence-corrected chi connectivity index (χ3v) is 3.33. The Morgan fingerprint density at radius 2 is 2.29 bits per heavy atom. The van der Waals surface area contributed by atoms with Crippen LogP contribution in [0.1, 0.15) is 30.8 Å². The number of hydrogen-bond donors (Lipinski definition) is 1. The van der Waals surface area contributed by atoms with Gasteiger partial charge in [0.15, 0.2) is 5.76 Å². The maximum atomic E-state index is 12.0. The smallest absolute Gasteiger partial charge is 0.289 e. The fourth-order valence-corrected chi connectivity index (χ4v) is 2.10. The summed E-state index contributed by atoms with van der Waals surface area (Å²) in [4.78, 5) is 13.9. The molecule has 1 aromatic heterocycles. The number of hydrogen-bond acceptors (Lipinski definition) is 3. The molecule has 1 atom stereocenters. The summed E-state index contributed by atoms with van der Waals surface area (Å²) in [5, 5.41) is 0. The zero-order valence-corrected chi connectivity index (χ0v) is 11.0. The van der Waals surface area contributed by atoms with Crippen molar-refractivity contribution < 1.29 is 9.21 Å². The summed E-state index contributed by atoms with van der Waals surface area (Å²) in [5.41, 5.74) is 6.00. The highest BCUT2D eigenvalue weighted by molar-refractivity contribution is 5.91. The van der Waals surface area contributed by atoms with Crippen molar-refractivity contribution >= 4 is 18.3 Å².